The van der Waals surface area contributed by atoms with Crippen molar-refractivity contribution in [1.82, 2.24) is 9.97 Å². The lowest BCUT2D eigenvalue weighted by molar-refractivity contribution is -0.115. The molecule has 2 rings (SSSR count). The fraction of sp³-hybridized carbons (Fsp3) is 0.231. The van der Waals surface area contributed by atoms with Crippen LogP contribution in [0.25, 0.3) is 0 Å². The number of pyridine rings is 1. The Kier molecular flexibility index (Phi) is 4.41. The third kappa shape index (κ3) is 3.39. The molecule has 6 nitrogen and oxygen atoms in total. The first-order valence-electron chi connectivity index (χ1n) is 6.02. The topological polar surface area (TPSA) is 92.2 Å². The van der Waals surface area contributed by atoms with Crippen LogP contribution in [0.4, 0.5) is 5.69 Å². The number of rotatable bonds is 5. The van der Waals surface area contributed by atoms with Gasteiger partial charge in [0, 0.05) is 6.20 Å². The molecule has 2 heterocycles. The summed E-state index contributed by atoms with van der Waals surface area (Å²) in [5, 5.41) is 12.5. The number of aryl methyl sites for hydroxylation is 1. The first-order chi connectivity index (χ1) is 9.60. The van der Waals surface area contributed by atoms with Gasteiger partial charge in [-0.2, -0.15) is 0 Å². The van der Waals surface area contributed by atoms with Crippen molar-refractivity contribution in [3.05, 3.63) is 40.1 Å². The van der Waals surface area contributed by atoms with E-state index in [4.69, 9.17) is 5.11 Å². The number of anilines is 1. The number of hydrogen-bond acceptors (Lipinski definition) is 5. The van der Waals surface area contributed by atoms with Crippen molar-refractivity contribution in [2.24, 2.45) is 0 Å². The van der Waals surface area contributed by atoms with Crippen LogP contribution in [0, 0.1) is 0 Å². The van der Waals surface area contributed by atoms with Gasteiger partial charge in [-0.1, -0.05) is 6.92 Å². The first kappa shape index (κ1) is 14.1. The largest absolute Gasteiger partial charge is 0.477 e. The highest BCUT2D eigenvalue weighted by Gasteiger charge is 2.19. The number of hydrogen-bond donors (Lipinski definition) is 2. The zero-order chi connectivity index (χ0) is 14.5. The van der Waals surface area contributed by atoms with E-state index < -0.39 is 5.97 Å². The quantitative estimate of drug-likeness (QED) is 0.878. The SMILES string of the molecule is CCc1nc(CC(=O)Nc2cccnc2)c(C(=O)O)s1. The van der Waals surface area contributed by atoms with E-state index in [-0.39, 0.29) is 17.2 Å². The van der Waals surface area contributed by atoms with Gasteiger partial charge in [0.15, 0.2) is 0 Å². The average molecular weight is 291 g/mol. The molecule has 2 aromatic heterocycles. The third-order valence-corrected chi connectivity index (χ3v) is 3.74. The molecule has 104 valence electrons. The fourth-order valence-electron chi connectivity index (χ4n) is 1.63. The van der Waals surface area contributed by atoms with E-state index in [2.05, 4.69) is 15.3 Å². The van der Waals surface area contributed by atoms with Crippen LogP contribution in [0.15, 0.2) is 24.5 Å². The van der Waals surface area contributed by atoms with Gasteiger partial charge in [-0.15, -0.1) is 11.3 Å². The molecule has 0 aromatic carbocycles. The number of nitrogens with zero attached hydrogens (tertiary/aromatic N) is 2. The van der Waals surface area contributed by atoms with E-state index in [1.54, 1.807) is 18.3 Å². The average Bonchev–Trinajstić information content (AvgIpc) is 2.83. The van der Waals surface area contributed by atoms with Crippen molar-refractivity contribution >= 4 is 28.9 Å². The summed E-state index contributed by atoms with van der Waals surface area (Å²) in [6.07, 6.45) is 3.71. The molecule has 0 bridgehead atoms. The second-order valence-corrected chi connectivity index (χ2v) is 5.09. The molecule has 0 saturated heterocycles. The lowest BCUT2D eigenvalue weighted by Crippen LogP contribution is -2.16. The van der Waals surface area contributed by atoms with Crippen LogP contribution in [-0.4, -0.2) is 27.0 Å². The molecule has 0 aliphatic carbocycles. The summed E-state index contributed by atoms with van der Waals surface area (Å²) in [7, 11) is 0. The molecule has 20 heavy (non-hydrogen) atoms. The van der Waals surface area contributed by atoms with Crippen LogP contribution in [0.3, 0.4) is 0 Å². The predicted molar refractivity (Wildman–Crippen MR) is 75.0 cm³/mol. The zero-order valence-electron chi connectivity index (χ0n) is 10.8. The van der Waals surface area contributed by atoms with Gasteiger partial charge in [0.25, 0.3) is 0 Å². The number of carbonyl (C=O) groups excluding carboxylic acids is 1. The van der Waals surface area contributed by atoms with Gasteiger partial charge < -0.3 is 10.4 Å². The Morgan fingerprint density at radius 1 is 1.45 bits per heavy atom. The molecule has 0 aliphatic rings. The molecule has 0 saturated carbocycles. The van der Waals surface area contributed by atoms with Crippen molar-refractivity contribution in [2.45, 2.75) is 19.8 Å². The van der Waals surface area contributed by atoms with Crippen molar-refractivity contribution in [3.63, 3.8) is 0 Å². The monoisotopic (exact) mass is 291 g/mol. The van der Waals surface area contributed by atoms with Gasteiger partial charge in [0.2, 0.25) is 5.91 Å². The van der Waals surface area contributed by atoms with E-state index in [9.17, 15) is 9.59 Å². The number of aromatic carboxylic acids is 1. The Labute approximate surface area is 119 Å². The molecule has 0 fully saturated rings. The van der Waals surface area contributed by atoms with E-state index in [1.165, 1.54) is 6.20 Å². The number of carboxylic acids is 1. The Morgan fingerprint density at radius 2 is 2.25 bits per heavy atom. The van der Waals surface area contributed by atoms with Gasteiger partial charge >= 0.3 is 5.97 Å². The van der Waals surface area contributed by atoms with Crippen LogP contribution in [-0.2, 0) is 17.6 Å². The number of amides is 1. The van der Waals surface area contributed by atoms with Crippen LogP contribution in [0.5, 0.6) is 0 Å². The summed E-state index contributed by atoms with van der Waals surface area (Å²) in [6, 6.07) is 3.41. The maximum Gasteiger partial charge on any atom is 0.347 e. The second-order valence-electron chi connectivity index (χ2n) is 4.01. The lowest BCUT2D eigenvalue weighted by Gasteiger charge is -2.03. The smallest absolute Gasteiger partial charge is 0.347 e. The van der Waals surface area contributed by atoms with E-state index in [1.807, 2.05) is 6.92 Å². The third-order valence-electron chi connectivity index (χ3n) is 2.51. The Hall–Kier alpha value is -2.28. The molecule has 7 heteroatoms. The van der Waals surface area contributed by atoms with Crippen molar-refractivity contribution < 1.29 is 14.7 Å². The summed E-state index contributed by atoms with van der Waals surface area (Å²) in [6.45, 7) is 1.89. The fourth-order valence-corrected chi connectivity index (χ4v) is 2.49. The number of nitrogens with one attached hydrogen (secondary N) is 1. The van der Waals surface area contributed by atoms with Gasteiger partial charge in [-0.25, -0.2) is 9.78 Å². The summed E-state index contributed by atoms with van der Waals surface area (Å²) in [4.78, 5) is 31.2. The minimum Gasteiger partial charge on any atom is -0.477 e. The summed E-state index contributed by atoms with van der Waals surface area (Å²) in [5.74, 6) is -1.36. The van der Waals surface area contributed by atoms with Gasteiger partial charge in [-0.05, 0) is 18.6 Å². The van der Waals surface area contributed by atoms with Gasteiger partial charge in [-0.3, -0.25) is 9.78 Å². The maximum absolute atomic E-state index is 11.9. The highest BCUT2D eigenvalue weighted by atomic mass is 32.1. The van der Waals surface area contributed by atoms with Crippen molar-refractivity contribution in [3.8, 4) is 0 Å². The molecule has 0 atom stereocenters. The van der Waals surface area contributed by atoms with Crippen molar-refractivity contribution in [2.75, 3.05) is 5.32 Å². The van der Waals surface area contributed by atoms with Gasteiger partial charge in [0.1, 0.15) is 4.88 Å². The molecule has 0 unspecified atom stereocenters. The lowest BCUT2D eigenvalue weighted by atomic mass is 10.2. The van der Waals surface area contributed by atoms with Crippen LogP contribution >= 0.6 is 11.3 Å². The number of carboxylic acid groups (broad SMARTS) is 1. The predicted octanol–water partition coefficient (Wildman–Crippen LogP) is 1.98. The molecule has 1 amide bonds. The minimum atomic E-state index is -1.05. The van der Waals surface area contributed by atoms with E-state index in [0.717, 1.165) is 11.3 Å². The zero-order valence-corrected chi connectivity index (χ0v) is 11.6. The number of carbonyl (C=O) groups is 2. The summed E-state index contributed by atoms with van der Waals surface area (Å²) in [5.41, 5.74) is 0.876. The standard InChI is InChI=1S/C13H13N3O3S/c1-2-11-16-9(12(20-11)13(18)19)6-10(17)15-8-4-3-5-14-7-8/h3-5,7H,2,6H2,1H3,(H,15,17)(H,18,19). The Morgan fingerprint density at radius 3 is 2.85 bits per heavy atom. The normalized spacial score (nSPS) is 10.2. The van der Waals surface area contributed by atoms with E-state index in [0.29, 0.717) is 22.8 Å². The molecule has 0 aliphatic heterocycles. The van der Waals surface area contributed by atoms with Crippen LogP contribution in [0.2, 0.25) is 0 Å². The second kappa shape index (κ2) is 6.25. The molecule has 0 radical (unpaired) electrons. The van der Waals surface area contributed by atoms with Crippen LogP contribution < -0.4 is 5.32 Å². The Bertz CT molecular complexity index is 625. The highest BCUT2D eigenvalue weighted by molar-refractivity contribution is 7.13. The summed E-state index contributed by atoms with van der Waals surface area (Å²) < 4.78 is 0. The Balaban J connectivity index is 2.11. The van der Waals surface area contributed by atoms with E-state index >= 15 is 0 Å². The minimum absolute atomic E-state index is 0.0625. The molecule has 0 spiro atoms. The van der Waals surface area contributed by atoms with Crippen molar-refractivity contribution in [1.29, 1.82) is 0 Å². The van der Waals surface area contributed by atoms with Crippen LogP contribution in [0.1, 0.15) is 27.3 Å². The summed E-state index contributed by atoms with van der Waals surface area (Å²) >= 11 is 1.11. The van der Waals surface area contributed by atoms with Gasteiger partial charge in [0.05, 0.1) is 29.0 Å². The first-order valence-corrected chi connectivity index (χ1v) is 6.83. The highest BCUT2D eigenvalue weighted by Crippen LogP contribution is 2.20. The number of thiazole rings is 1. The molecule has 2 aromatic rings. The molecular weight excluding hydrogens is 278 g/mol. The maximum atomic E-state index is 11.9. The number of aromatic nitrogens is 2. The molecule has 2 N–H and O–H groups in total. The molecular formula is C13H13N3O3S.